The fourth-order valence-corrected chi connectivity index (χ4v) is 3.70. The summed E-state index contributed by atoms with van der Waals surface area (Å²) in [4.78, 5) is 4.45. The van der Waals surface area contributed by atoms with E-state index in [0.717, 1.165) is 29.2 Å². The molecule has 2 aromatic heterocycles. The molecule has 0 spiro atoms. The van der Waals surface area contributed by atoms with Crippen LogP contribution < -0.4 is 9.30 Å². The molecule has 0 aliphatic rings. The largest absolute Gasteiger partial charge is 0.497 e. The smallest absolute Gasteiger partial charge is 0.227 e. The van der Waals surface area contributed by atoms with Gasteiger partial charge in [0.1, 0.15) is 5.75 Å². The summed E-state index contributed by atoms with van der Waals surface area (Å²) in [5, 5.41) is 0. The second-order valence-electron chi connectivity index (χ2n) is 8.00. The van der Waals surface area contributed by atoms with E-state index in [2.05, 4.69) is 70.5 Å². The maximum atomic E-state index is 5.99. The number of hydrogen-bond acceptors (Lipinski definition) is 3. The summed E-state index contributed by atoms with van der Waals surface area (Å²) in [5.41, 5.74) is 5.53. The minimum Gasteiger partial charge on any atom is -0.497 e. The first-order valence-electron chi connectivity index (χ1n) is 11.2. The molecule has 0 saturated carbocycles. The lowest BCUT2D eigenvalue weighted by molar-refractivity contribution is -0.688. The zero-order chi connectivity index (χ0) is 23.2. The highest BCUT2D eigenvalue weighted by atomic mass is 16.5. The molecular weight excluding hydrogens is 420 g/mol. The number of ether oxygens (including phenoxy) is 1. The molecule has 0 bridgehead atoms. The minimum absolute atomic E-state index is 0.604. The molecule has 2 heterocycles. The minimum atomic E-state index is 0.604. The Balaban J connectivity index is 1.23. The lowest BCUT2D eigenvalue weighted by Crippen LogP contribution is -2.32. The highest BCUT2D eigenvalue weighted by Crippen LogP contribution is 2.27. The zero-order valence-electron chi connectivity index (χ0n) is 19.0. The third-order valence-corrected chi connectivity index (χ3v) is 5.63. The molecule has 5 rings (SSSR count). The van der Waals surface area contributed by atoms with Crippen LogP contribution in [-0.2, 0) is 6.54 Å². The van der Waals surface area contributed by atoms with Crippen molar-refractivity contribution in [2.75, 3.05) is 7.11 Å². The van der Waals surface area contributed by atoms with E-state index in [1.807, 2.05) is 54.6 Å². The summed E-state index contributed by atoms with van der Waals surface area (Å²) in [6.45, 7) is 0.797. The quantitative estimate of drug-likeness (QED) is 0.211. The summed E-state index contributed by atoms with van der Waals surface area (Å²) in [6.07, 6.45) is 10.1. The predicted octanol–water partition coefficient (Wildman–Crippen LogP) is 6.52. The van der Waals surface area contributed by atoms with Crippen molar-refractivity contribution in [3.63, 3.8) is 0 Å². The molecule has 0 aliphatic carbocycles. The number of hydrogen-bond donors (Lipinski definition) is 0. The number of pyridine rings is 1. The van der Waals surface area contributed by atoms with Gasteiger partial charge in [0, 0.05) is 28.8 Å². The van der Waals surface area contributed by atoms with Gasteiger partial charge in [0.15, 0.2) is 24.7 Å². The predicted molar refractivity (Wildman–Crippen MR) is 135 cm³/mol. The van der Waals surface area contributed by atoms with E-state index in [4.69, 9.17) is 9.15 Å². The molecule has 4 nitrogen and oxygen atoms in total. The molecule has 0 radical (unpaired) electrons. The van der Waals surface area contributed by atoms with E-state index in [-0.39, 0.29) is 0 Å². The van der Waals surface area contributed by atoms with Gasteiger partial charge in [-0.1, -0.05) is 66.7 Å². The molecule has 0 amide bonds. The summed E-state index contributed by atoms with van der Waals surface area (Å²) < 4.78 is 13.3. The van der Waals surface area contributed by atoms with Crippen LogP contribution in [0.4, 0.5) is 0 Å². The van der Waals surface area contributed by atoms with Crippen LogP contribution in [0.3, 0.4) is 0 Å². The number of aromatic nitrogens is 2. The van der Waals surface area contributed by atoms with Crippen molar-refractivity contribution in [1.82, 2.24) is 4.98 Å². The van der Waals surface area contributed by atoms with Crippen LogP contribution in [0.25, 0.3) is 34.9 Å². The van der Waals surface area contributed by atoms with Gasteiger partial charge in [-0.05, 0) is 35.4 Å². The second kappa shape index (κ2) is 10.0. The Kier molecular flexibility index (Phi) is 6.30. The van der Waals surface area contributed by atoms with E-state index in [1.165, 1.54) is 16.7 Å². The standard InChI is InChI=1S/C30H25N2O2/c1-33-28-15-13-26(14-16-28)29-21-31-30(34-29)27-17-19-32(20-18-27)22-25-11-9-24(10-12-25)8-7-23-5-3-2-4-6-23/h2-21H,22H2,1H3/q+1/b8-7+. The Morgan fingerprint density at radius 3 is 2.12 bits per heavy atom. The van der Waals surface area contributed by atoms with Crippen molar-refractivity contribution in [2.45, 2.75) is 6.54 Å². The average Bonchev–Trinajstić information content (AvgIpc) is 3.40. The topological polar surface area (TPSA) is 39.1 Å². The SMILES string of the molecule is COc1ccc(-c2cnc(-c3cc[n+](Cc4ccc(/C=C/c5ccccc5)cc4)cc3)o2)cc1. The van der Waals surface area contributed by atoms with Crippen LogP contribution in [0.15, 0.2) is 114 Å². The van der Waals surface area contributed by atoms with E-state index in [1.54, 1.807) is 13.3 Å². The molecule has 0 N–H and O–H groups in total. The first-order chi connectivity index (χ1) is 16.8. The molecular formula is C30H25N2O2+. The molecule has 0 unspecified atom stereocenters. The Labute approximate surface area is 199 Å². The van der Waals surface area contributed by atoms with Crippen LogP contribution in [0, 0.1) is 0 Å². The van der Waals surface area contributed by atoms with Crippen LogP contribution in [0.1, 0.15) is 16.7 Å². The van der Waals surface area contributed by atoms with Crippen molar-refractivity contribution < 1.29 is 13.7 Å². The maximum absolute atomic E-state index is 5.99. The third-order valence-electron chi connectivity index (χ3n) is 5.63. The molecule has 5 aromatic rings. The Morgan fingerprint density at radius 2 is 1.44 bits per heavy atom. The lowest BCUT2D eigenvalue weighted by atomic mass is 10.1. The second-order valence-corrected chi connectivity index (χ2v) is 8.00. The Morgan fingerprint density at radius 1 is 0.765 bits per heavy atom. The van der Waals surface area contributed by atoms with E-state index in [0.29, 0.717) is 5.89 Å². The van der Waals surface area contributed by atoms with Crippen molar-refractivity contribution in [3.8, 4) is 28.5 Å². The van der Waals surface area contributed by atoms with E-state index >= 15 is 0 Å². The van der Waals surface area contributed by atoms with Gasteiger partial charge in [-0.15, -0.1) is 0 Å². The third kappa shape index (κ3) is 5.13. The lowest BCUT2D eigenvalue weighted by Gasteiger charge is -2.01. The molecule has 4 heteroatoms. The van der Waals surface area contributed by atoms with Crippen LogP contribution >= 0.6 is 0 Å². The van der Waals surface area contributed by atoms with Crippen molar-refractivity contribution >= 4 is 12.2 Å². The molecule has 0 atom stereocenters. The van der Waals surface area contributed by atoms with Crippen molar-refractivity contribution in [3.05, 3.63) is 126 Å². The van der Waals surface area contributed by atoms with Gasteiger partial charge in [0.05, 0.1) is 13.3 Å². The number of rotatable bonds is 7. The summed E-state index contributed by atoms with van der Waals surface area (Å²) in [5.74, 6) is 2.15. The zero-order valence-corrected chi connectivity index (χ0v) is 19.0. The molecule has 0 fully saturated rings. The summed E-state index contributed by atoms with van der Waals surface area (Å²) in [7, 11) is 1.66. The number of nitrogens with zero attached hydrogens (tertiary/aromatic N) is 2. The van der Waals surface area contributed by atoms with Gasteiger partial charge in [-0.3, -0.25) is 0 Å². The van der Waals surface area contributed by atoms with E-state index < -0.39 is 0 Å². The van der Waals surface area contributed by atoms with Crippen LogP contribution in [-0.4, -0.2) is 12.1 Å². The molecule has 0 aliphatic heterocycles. The number of benzene rings is 3. The van der Waals surface area contributed by atoms with Gasteiger partial charge in [-0.2, -0.15) is 0 Å². The molecule has 34 heavy (non-hydrogen) atoms. The van der Waals surface area contributed by atoms with Crippen molar-refractivity contribution in [1.29, 1.82) is 0 Å². The van der Waals surface area contributed by atoms with Gasteiger partial charge in [0.2, 0.25) is 5.89 Å². The number of oxazole rings is 1. The van der Waals surface area contributed by atoms with Gasteiger partial charge < -0.3 is 9.15 Å². The normalized spacial score (nSPS) is 11.1. The highest BCUT2D eigenvalue weighted by Gasteiger charge is 2.11. The molecule has 0 saturated heterocycles. The van der Waals surface area contributed by atoms with E-state index in [9.17, 15) is 0 Å². The fourth-order valence-electron chi connectivity index (χ4n) is 3.70. The van der Waals surface area contributed by atoms with Gasteiger partial charge in [0.25, 0.3) is 0 Å². The van der Waals surface area contributed by atoms with Gasteiger partial charge >= 0.3 is 0 Å². The number of methoxy groups -OCH3 is 1. The van der Waals surface area contributed by atoms with Crippen LogP contribution in [0.5, 0.6) is 5.75 Å². The molecule has 3 aromatic carbocycles. The Bertz CT molecular complexity index is 1370. The Hall–Kier alpha value is -4.44. The monoisotopic (exact) mass is 445 g/mol. The summed E-state index contributed by atoms with van der Waals surface area (Å²) >= 11 is 0. The first-order valence-corrected chi connectivity index (χ1v) is 11.2. The first kappa shape index (κ1) is 21.4. The fraction of sp³-hybridized carbons (Fsp3) is 0.0667. The maximum Gasteiger partial charge on any atom is 0.227 e. The van der Waals surface area contributed by atoms with Crippen molar-refractivity contribution in [2.24, 2.45) is 0 Å². The average molecular weight is 446 g/mol. The summed E-state index contributed by atoms with van der Waals surface area (Å²) in [6, 6.07) is 30.8. The van der Waals surface area contributed by atoms with Gasteiger partial charge in [-0.25, -0.2) is 9.55 Å². The highest BCUT2D eigenvalue weighted by molar-refractivity contribution is 5.69. The molecule has 166 valence electrons. The van der Waals surface area contributed by atoms with Crippen LogP contribution in [0.2, 0.25) is 0 Å².